The quantitative estimate of drug-likeness (QED) is 0.132. The number of rotatable bonds is 14. The minimum absolute atomic E-state index is 0.130. The zero-order valence-corrected chi connectivity index (χ0v) is 26.1. The van der Waals surface area contributed by atoms with Crippen LogP contribution in [0.25, 0.3) is 0 Å². The van der Waals surface area contributed by atoms with Crippen molar-refractivity contribution < 1.29 is 22.6 Å². The molecule has 0 spiro atoms. The summed E-state index contributed by atoms with van der Waals surface area (Å²) in [4.78, 5) is 29.8. The summed E-state index contributed by atoms with van der Waals surface area (Å²) in [5, 5.41) is 0. The molecule has 0 aliphatic carbocycles. The highest BCUT2D eigenvalue weighted by atomic mass is 28.5. The molecule has 37 heavy (non-hydrogen) atoms. The lowest BCUT2D eigenvalue weighted by molar-refractivity contribution is -0.146. The van der Waals surface area contributed by atoms with Gasteiger partial charge in [-0.25, -0.2) is 0 Å². The molecule has 1 aromatic carbocycles. The highest BCUT2D eigenvalue weighted by Gasteiger charge is 2.65. The third-order valence-corrected chi connectivity index (χ3v) is 18.2. The zero-order valence-electron chi connectivity index (χ0n) is 24.1. The SMILES string of the molecule is C=CCO[Si](O[Si](OC[C@@H](c1ccccc1)N1C(=O)C2C(C1=O)N2C)(C(C)C)C(C)C)(C(C)C)C(C)C. The lowest BCUT2D eigenvalue weighted by atomic mass is 10.1. The first kappa shape index (κ1) is 29.9. The van der Waals surface area contributed by atoms with Gasteiger partial charge in [-0.05, 0) is 34.8 Å². The molecule has 1 aromatic rings. The number of carbonyl (C=O) groups is 2. The van der Waals surface area contributed by atoms with Gasteiger partial charge in [0.05, 0.1) is 19.3 Å². The van der Waals surface area contributed by atoms with Crippen LogP contribution in [-0.4, -0.2) is 71.1 Å². The monoisotopic (exact) mass is 546 g/mol. The molecule has 3 rings (SSSR count). The first-order chi connectivity index (χ1) is 17.4. The summed E-state index contributed by atoms with van der Waals surface area (Å²) < 4.78 is 20.8. The van der Waals surface area contributed by atoms with Crippen molar-refractivity contribution in [1.29, 1.82) is 0 Å². The van der Waals surface area contributed by atoms with E-state index in [9.17, 15) is 9.59 Å². The van der Waals surface area contributed by atoms with E-state index in [4.69, 9.17) is 13.0 Å². The maximum absolute atomic E-state index is 13.3. The second-order valence-electron chi connectivity index (χ2n) is 11.6. The Morgan fingerprint density at radius 1 is 0.838 bits per heavy atom. The topological polar surface area (TPSA) is 68.1 Å². The van der Waals surface area contributed by atoms with Gasteiger partial charge in [-0.2, -0.15) is 0 Å². The van der Waals surface area contributed by atoms with Gasteiger partial charge in [0.1, 0.15) is 12.1 Å². The molecular formula is C28H46N2O5Si2. The summed E-state index contributed by atoms with van der Waals surface area (Å²) in [7, 11) is -3.85. The van der Waals surface area contributed by atoms with Crippen LogP contribution in [0.2, 0.25) is 22.2 Å². The summed E-state index contributed by atoms with van der Waals surface area (Å²) in [5.41, 5.74) is 1.56. The van der Waals surface area contributed by atoms with Crippen LogP contribution in [0.4, 0.5) is 0 Å². The normalized spacial score (nSPS) is 22.9. The third kappa shape index (κ3) is 5.44. The Balaban J connectivity index is 1.99. The van der Waals surface area contributed by atoms with Gasteiger partial charge in [0.15, 0.2) is 0 Å². The highest BCUT2D eigenvalue weighted by Crippen LogP contribution is 2.46. The van der Waals surface area contributed by atoms with Crippen molar-refractivity contribution in [2.45, 2.75) is 95.7 Å². The van der Waals surface area contributed by atoms with Crippen molar-refractivity contribution >= 4 is 28.9 Å². The number of amides is 2. The molecule has 0 saturated carbocycles. The molecule has 2 aliphatic heterocycles. The van der Waals surface area contributed by atoms with E-state index in [0.717, 1.165) is 5.56 Å². The zero-order chi connectivity index (χ0) is 27.7. The predicted octanol–water partition coefficient (Wildman–Crippen LogP) is 5.54. The summed E-state index contributed by atoms with van der Waals surface area (Å²) in [6.07, 6.45) is 1.78. The van der Waals surface area contributed by atoms with Crippen molar-refractivity contribution in [2.24, 2.45) is 0 Å². The number of carbonyl (C=O) groups excluding carboxylic acids is 2. The standard InChI is InChI=1S/C28H46N2O5Si2/c1-11-17-33-36(19(2)3,20(4)5)35-37(21(6)7,22(8)9)34-18-24(23-15-13-12-14-16-23)30-27(31)25-26(28(30)32)29(25)10/h11-16,19-22,24-26H,1,17-18H2,2-10H3/t24-,25?,26?,29?/m0/s1. The van der Waals surface area contributed by atoms with Gasteiger partial charge < -0.3 is 13.0 Å². The fourth-order valence-electron chi connectivity index (χ4n) is 5.83. The van der Waals surface area contributed by atoms with Crippen LogP contribution in [0.15, 0.2) is 43.0 Å². The van der Waals surface area contributed by atoms with Crippen molar-refractivity contribution in [2.75, 3.05) is 20.3 Å². The van der Waals surface area contributed by atoms with E-state index < -0.39 is 23.2 Å². The second kappa shape index (κ2) is 11.6. The number of likely N-dealkylation sites (tertiary alicyclic amines) is 1. The van der Waals surface area contributed by atoms with E-state index in [1.807, 2.05) is 42.3 Å². The van der Waals surface area contributed by atoms with Crippen LogP contribution >= 0.6 is 0 Å². The van der Waals surface area contributed by atoms with Crippen LogP contribution in [0.3, 0.4) is 0 Å². The number of imide groups is 1. The van der Waals surface area contributed by atoms with Gasteiger partial charge in [0.25, 0.3) is 0 Å². The van der Waals surface area contributed by atoms with Crippen molar-refractivity contribution in [3.05, 3.63) is 48.6 Å². The van der Waals surface area contributed by atoms with Gasteiger partial charge in [-0.1, -0.05) is 91.8 Å². The molecule has 0 aromatic heterocycles. The smallest absolute Gasteiger partial charge is 0.334 e. The van der Waals surface area contributed by atoms with Gasteiger partial charge in [-0.15, -0.1) is 6.58 Å². The molecule has 2 heterocycles. The fraction of sp³-hybridized carbons (Fsp3) is 0.643. The predicted molar refractivity (Wildman–Crippen MR) is 151 cm³/mol. The Hall–Kier alpha value is -1.63. The number of hydrogen-bond acceptors (Lipinski definition) is 6. The Bertz CT molecular complexity index is 931. The summed E-state index contributed by atoms with van der Waals surface area (Å²) in [6, 6.07) is 8.54. The molecule has 0 radical (unpaired) electrons. The number of nitrogens with zero attached hydrogens (tertiary/aromatic N) is 2. The van der Waals surface area contributed by atoms with E-state index in [2.05, 4.69) is 62.0 Å². The van der Waals surface area contributed by atoms with Gasteiger partial charge in [0, 0.05) is 0 Å². The van der Waals surface area contributed by atoms with Crippen LogP contribution in [0.5, 0.6) is 0 Å². The van der Waals surface area contributed by atoms with Crippen molar-refractivity contribution in [3.63, 3.8) is 0 Å². The largest absolute Gasteiger partial charge is 0.414 e. The molecule has 2 amide bonds. The molecule has 9 heteroatoms. The molecular weight excluding hydrogens is 500 g/mol. The number of piperazine rings is 1. The average Bonchev–Trinajstić information content (AvgIpc) is 3.44. The lowest BCUT2D eigenvalue weighted by Crippen LogP contribution is -2.61. The number of likely N-dealkylation sites (N-methyl/N-ethyl adjacent to an activating group) is 1. The van der Waals surface area contributed by atoms with Crippen LogP contribution in [0.1, 0.15) is 67.0 Å². The second-order valence-corrected chi connectivity index (χ2v) is 20.5. The number of benzene rings is 1. The van der Waals surface area contributed by atoms with E-state index >= 15 is 0 Å². The minimum Gasteiger partial charge on any atom is -0.414 e. The van der Waals surface area contributed by atoms with Gasteiger partial charge in [-0.3, -0.25) is 19.4 Å². The highest BCUT2D eigenvalue weighted by molar-refractivity contribution is 6.83. The molecule has 206 valence electrons. The van der Waals surface area contributed by atoms with Crippen LogP contribution < -0.4 is 0 Å². The van der Waals surface area contributed by atoms with Crippen LogP contribution in [0, 0.1) is 0 Å². The molecule has 0 N–H and O–H groups in total. The Labute approximate surface area is 225 Å². The summed E-state index contributed by atoms with van der Waals surface area (Å²) in [5.74, 6) is -0.278. The average molecular weight is 547 g/mol. The molecule has 2 fully saturated rings. The molecule has 3 atom stereocenters. The number of hydrogen-bond donors (Lipinski definition) is 0. The van der Waals surface area contributed by atoms with Gasteiger partial charge >= 0.3 is 17.1 Å². The first-order valence-electron chi connectivity index (χ1n) is 13.6. The molecule has 0 bridgehead atoms. The Kier molecular flexibility index (Phi) is 9.41. The van der Waals surface area contributed by atoms with Gasteiger partial charge in [0.2, 0.25) is 11.8 Å². The molecule has 2 aliphatic rings. The number of fused-ring (bicyclic) bond motifs is 1. The van der Waals surface area contributed by atoms with E-state index in [-0.39, 0.29) is 52.7 Å². The maximum Gasteiger partial charge on any atom is 0.334 e. The summed E-state index contributed by atoms with van der Waals surface area (Å²) in [6.45, 7) is 21.8. The van der Waals surface area contributed by atoms with Crippen molar-refractivity contribution in [3.8, 4) is 0 Å². The first-order valence-corrected chi connectivity index (χ1v) is 17.5. The lowest BCUT2D eigenvalue weighted by Gasteiger charge is -2.48. The third-order valence-electron chi connectivity index (χ3n) is 8.00. The Morgan fingerprint density at radius 3 is 1.73 bits per heavy atom. The molecule has 2 unspecified atom stereocenters. The van der Waals surface area contributed by atoms with E-state index in [0.29, 0.717) is 6.61 Å². The minimum atomic E-state index is -2.93. The van der Waals surface area contributed by atoms with Crippen molar-refractivity contribution in [1.82, 2.24) is 9.80 Å². The van der Waals surface area contributed by atoms with Crippen LogP contribution in [-0.2, 0) is 22.6 Å². The Morgan fingerprint density at radius 2 is 1.30 bits per heavy atom. The molecule has 2 saturated heterocycles. The van der Waals surface area contributed by atoms with E-state index in [1.165, 1.54) is 4.90 Å². The summed E-state index contributed by atoms with van der Waals surface area (Å²) >= 11 is 0. The maximum atomic E-state index is 13.3. The van der Waals surface area contributed by atoms with E-state index in [1.54, 1.807) is 6.08 Å². The fourth-order valence-corrected chi connectivity index (χ4v) is 16.9. The molecule has 7 nitrogen and oxygen atoms in total.